The summed E-state index contributed by atoms with van der Waals surface area (Å²) in [5, 5.41) is 19.8. The van der Waals surface area contributed by atoms with Crippen LogP contribution in [0.25, 0.3) is 0 Å². The Hall–Kier alpha value is -1.71. The van der Waals surface area contributed by atoms with Crippen molar-refractivity contribution in [2.24, 2.45) is 5.92 Å². The van der Waals surface area contributed by atoms with Gasteiger partial charge in [0.1, 0.15) is 28.6 Å². The second kappa shape index (κ2) is 4.40. The van der Waals surface area contributed by atoms with Crippen LogP contribution >= 0.6 is 0 Å². The molecule has 1 aliphatic carbocycles. The molecule has 1 heterocycles. The van der Waals surface area contributed by atoms with Crippen molar-refractivity contribution in [1.29, 1.82) is 0 Å². The second-order valence-corrected chi connectivity index (χ2v) is 6.49. The van der Waals surface area contributed by atoms with Crippen LogP contribution in [-0.2, 0) is 4.79 Å². The number of ether oxygens (including phenoxy) is 1. The fourth-order valence-electron chi connectivity index (χ4n) is 3.57. The number of hydrogen-bond donors (Lipinski definition) is 2. The minimum absolute atomic E-state index is 0.0161. The van der Waals surface area contributed by atoms with Gasteiger partial charge in [0, 0.05) is 30.5 Å². The lowest BCUT2D eigenvalue weighted by atomic mass is 9.81. The highest BCUT2D eigenvalue weighted by atomic mass is 16.5. The molecule has 0 aromatic heterocycles. The molecule has 1 aromatic rings. The SMILES string of the molecule is CC1(C)Oc2cc(O)cc(O)c2[C@@H]2CC(=O)CC[C@H]1C2. The summed E-state index contributed by atoms with van der Waals surface area (Å²) in [5.74, 6) is 1.01. The molecule has 0 radical (unpaired) electrons. The predicted octanol–water partition coefficient (Wildman–Crippen LogP) is 3.11. The van der Waals surface area contributed by atoms with E-state index in [9.17, 15) is 15.0 Å². The standard InChI is InChI=1S/C16H20O4/c1-16(2)10-3-4-11(17)6-9(5-10)15-13(19)7-12(18)8-14(15)20-16/h7-10,18-19H,3-6H2,1-2H3/t9-,10-/m0/s1. The first-order chi connectivity index (χ1) is 9.37. The first kappa shape index (κ1) is 13.3. The molecule has 2 aliphatic rings. The van der Waals surface area contributed by atoms with E-state index in [1.54, 1.807) is 0 Å². The maximum atomic E-state index is 12.0. The first-order valence-corrected chi connectivity index (χ1v) is 7.13. The summed E-state index contributed by atoms with van der Waals surface area (Å²) in [5.41, 5.74) is 0.266. The van der Waals surface area contributed by atoms with E-state index in [1.807, 2.05) is 13.8 Å². The molecule has 3 rings (SSSR count). The molecule has 0 spiro atoms. The molecule has 0 unspecified atom stereocenters. The van der Waals surface area contributed by atoms with Crippen molar-refractivity contribution < 1.29 is 19.7 Å². The zero-order chi connectivity index (χ0) is 14.5. The Morgan fingerprint density at radius 3 is 2.80 bits per heavy atom. The molecule has 108 valence electrons. The monoisotopic (exact) mass is 276 g/mol. The lowest BCUT2D eigenvalue weighted by Gasteiger charge is -2.33. The topological polar surface area (TPSA) is 66.8 Å². The van der Waals surface area contributed by atoms with Crippen molar-refractivity contribution in [1.82, 2.24) is 0 Å². The van der Waals surface area contributed by atoms with Crippen molar-refractivity contribution in [3.05, 3.63) is 17.7 Å². The van der Waals surface area contributed by atoms with E-state index in [2.05, 4.69) is 0 Å². The van der Waals surface area contributed by atoms with Gasteiger partial charge in [0.15, 0.2) is 0 Å². The van der Waals surface area contributed by atoms with Crippen LogP contribution in [0.15, 0.2) is 12.1 Å². The van der Waals surface area contributed by atoms with Crippen LogP contribution in [0.3, 0.4) is 0 Å². The fourth-order valence-corrected chi connectivity index (χ4v) is 3.57. The van der Waals surface area contributed by atoms with Crippen LogP contribution < -0.4 is 4.74 Å². The van der Waals surface area contributed by atoms with Gasteiger partial charge in [-0.1, -0.05) is 0 Å². The minimum atomic E-state index is -0.408. The van der Waals surface area contributed by atoms with Gasteiger partial charge in [-0.15, -0.1) is 0 Å². The van der Waals surface area contributed by atoms with Gasteiger partial charge in [0.05, 0.1) is 0 Å². The molecule has 0 amide bonds. The molecule has 4 nitrogen and oxygen atoms in total. The summed E-state index contributed by atoms with van der Waals surface area (Å²) < 4.78 is 6.08. The number of carbonyl (C=O) groups excluding carboxylic acids is 1. The molecule has 2 atom stereocenters. The van der Waals surface area contributed by atoms with E-state index in [-0.39, 0.29) is 29.1 Å². The van der Waals surface area contributed by atoms with Gasteiger partial charge >= 0.3 is 0 Å². The van der Waals surface area contributed by atoms with E-state index in [0.717, 1.165) is 12.8 Å². The van der Waals surface area contributed by atoms with E-state index >= 15 is 0 Å². The van der Waals surface area contributed by atoms with E-state index in [0.29, 0.717) is 24.2 Å². The number of fused-ring (bicyclic) bond motifs is 4. The highest BCUT2D eigenvalue weighted by Gasteiger charge is 2.41. The number of hydrogen-bond acceptors (Lipinski definition) is 4. The molecule has 1 fully saturated rings. The summed E-state index contributed by atoms with van der Waals surface area (Å²) in [7, 11) is 0. The summed E-state index contributed by atoms with van der Waals surface area (Å²) >= 11 is 0. The van der Waals surface area contributed by atoms with Crippen molar-refractivity contribution in [2.75, 3.05) is 0 Å². The van der Waals surface area contributed by atoms with Gasteiger partial charge in [-0.05, 0) is 38.5 Å². The second-order valence-electron chi connectivity index (χ2n) is 6.49. The van der Waals surface area contributed by atoms with Gasteiger partial charge in [-0.3, -0.25) is 4.79 Å². The number of carbonyl (C=O) groups is 1. The Kier molecular flexibility index (Phi) is 2.92. The van der Waals surface area contributed by atoms with Gasteiger partial charge in [-0.25, -0.2) is 0 Å². The summed E-state index contributed by atoms with van der Waals surface area (Å²) in [4.78, 5) is 12.0. The van der Waals surface area contributed by atoms with E-state index in [4.69, 9.17) is 4.74 Å². The molecule has 2 N–H and O–H groups in total. The average molecular weight is 276 g/mol. The largest absolute Gasteiger partial charge is 0.508 e. The van der Waals surface area contributed by atoms with Gasteiger partial charge in [0.2, 0.25) is 0 Å². The number of benzene rings is 1. The Labute approximate surface area is 118 Å². The van der Waals surface area contributed by atoms with Crippen molar-refractivity contribution in [2.45, 2.75) is 51.0 Å². The number of rotatable bonds is 0. The number of aromatic hydroxyl groups is 2. The minimum Gasteiger partial charge on any atom is -0.508 e. The predicted molar refractivity (Wildman–Crippen MR) is 74.2 cm³/mol. The quantitative estimate of drug-likeness (QED) is 0.764. The number of phenolic OH excluding ortho intramolecular Hbond substituents is 2. The zero-order valence-electron chi connectivity index (χ0n) is 11.8. The van der Waals surface area contributed by atoms with Crippen LogP contribution in [0.4, 0.5) is 0 Å². The van der Waals surface area contributed by atoms with Crippen LogP contribution in [-0.4, -0.2) is 21.6 Å². The normalized spacial score (nSPS) is 28.0. The van der Waals surface area contributed by atoms with Crippen LogP contribution in [0.2, 0.25) is 0 Å². The van der Waals surface area contributed by atoms with Gasteiger partial charge < -0.3 is 14.9 Å². The summed E-state index contributed by atoms with van der Waals surface area (Å²) in [6.07, 6.45) is 2.69. The third-order valence-electron chi connectivity index (χ3n) is 4.68. The Morgan fingerprint density at radius 2 is 2.05 bits per heavy atom. The molecule has 1 aliphatic heterocycles. The Bertz CT molecular complexity index is 562. The number of ketones is 1. The maximum Gasteiger partial charge on any atom is 0.133 e. The lowest BCUT2D eigenvalue weighted by Crippen LogP contribution is -2.36. The highest BCUT2D eigenvalue weighted by Crippen LogP contribution is 2.50. The molecule has 1 aromatic carbocycles. The van der Waals surface area contributed by atoms with Gasteiger partial charge in [0.25, 0.3) is 0 Å². The Morgan fingerprint density at radius 1 is 1.30 bits per heavy atom. The molecule has 1 saturated carbocycles. The van der Waals surface area contributed by atoms with Crippen molar-refractivity contribution in [3.8, 4) is 17.2 Å². The zero-order valence-corrected chi connectivity index (χ0v) is 11.8. The van der Waals surface area contributed by atoms with E-state index in [1.165, 1.54) is 12.1 Å². The maximum absolute atomic E-state index is 12.0. The highest BCUT2D eigenvalue weighted by molar-refractivity contribution is 5.80. The van der Waals surface area contributed by atoms with Gasteiger partial charge in [-0.2, -0.15) is 0 Å². The van der Waals surface area contributed by atoms with Crippen molar-refractivity contribution >= 4 is 5.78 Å². The molecule has 4 heteroatoms. The van der Waals surface area contributed by atoms with E-state index < -0.39 is 5.60 Å². The number of Topliss-reactive ketones (excluding diaryl/α,β-unsaturated/α-hetero) is 1. The van der Waals surface area contributed by atoms with Crippen LogP contribution in [0.5, 0.6) is 17.2 Å². The Balaban J connectivity index is 2.16. The third kappa shape index (κ3) is 2.13. The van der Waals surface area contributed by atoms with Crippen LogP contribution in [0.1, 0.15) is 51.0 Å². The van der Waals surface area contributed by atoms with Crippen molar-refractivity contribution in [3.63, 3.8) is 0 Å². The summed E-state index contributed by atoms with van der Waals surface area (Å²) in [6.45, 7) is 4.03. The molecular weight excluding hydrogens is 256 g/mol. The molecule has 0 saturated heterocycles. The van der Waals surface area contributed by atoms with Crippen LogP contribution in [0, 0.1) is 5.92 Å². The molecular formula is C16H20O4. The first-order valence-electron chi connectivity index (χ1n) is 7.13. The average Bonchev–Trinajstić information content (AvgIpc) is 2.54. The fraction of sp³-hybridized carbons (Fsp3) is 0.562. The smallest absolute Gasteiger partial charge is 0.133 e. The molecule has 2 bridgehead atoms. The molecule has 20 heavy (non-hydrogen) atoms. The third-order valence-corrected chi connectivity index (χ3v) is 4.68. The summed E-state index contributed by atoms with van der Waals surface area (Å²) in [6, 6.07) is 2.86. The lowest BCUT2D eigenvalue weighted by molar-refractivity contribution is -0.119. The number of phenols is 2.